The molecular formula is C20H25FN4O. The van der Waals surface area contributed by atoms with Crippen molar-refractivity contribution < 1.29 is 9.18 Å². The summed E-state index contributed by atoms with van der Waals surface area (Å²) in [6.07, 6.45) is 5.15. The zero-order chi connectivity index (χ0) is 18.4. The Labute approximate surface area is 153 Å². The van der Waals surface area contributed by atoms with Gasteiger partial charge in [-0.25, -0.2) is 14.4 Å². The molecule has 2 heterocycles. The monoisotopic (exact) mass is 356 g/mol. The van der Waals surface area contributed by atoms with Gasteiger partial charge in [-0.15, -0.1) is 0 Å². The van der Waals surface area contributed by atoms with Crippen LogP contribution < -0.4 is 10.2 Å². The maximum atomic E-state index is 13.6. The first-order chi connectivity index (χ1) is 12.6. The Morgan fingerprint density at radius 1 is 1.15 bits per heavy atom. The number of carbonyl (C=O) groups excluding carboxylic acids is 1. The molecule has 0 aliphatic carbocycles. The van der Waals surface area contributed by atoms with Crippen molar-refractivity contribution in [1.82, 2.24) is 15.3 Å². The van der Waals surface area contributed by atoms with Gasteiger partial charge in [0.2, 0.25) is 5.95 Å². The first-order valence-electron chi connectivity index (χ1n) is 9.26. The van der Waals surface area contributed by atoms with Crippen LogP contribution in [0, 0.1) is 12.7 Å². The van der Waals surface area contributed by atoms with Crippen LogP contribution in [0.15, 0.2) is 30.3 Å². The standard InChI is InChI=1S/C20H25FN4O/c1-15-14-18(24-20(23-15)25-12-6-2-3-7-13-25)19(26)22-11-10-16-8-4-5-9-17(16)21/h4-5,8-9,14H,2-3,6-7,10-13H2,1H3,(H,22,26). The number of nitrogens with zero attached hydrogens (tertiary/aromatic N) is 3. The highest BCUT2D eigenvalue weighted by Crippen LogP contribution is 2.16. The van der Waals surface area contributed by atoms with Crippen molar-refractivity contribution in [3.63, 3.8) is 0 Å². The quantitative estimate of drug-likeness (QED) is 0.893. The normalized spacial score (nSPS) is 14.8. The third-order valence-corrected chi connectivity index (χ3v) is 4.60. The Kier molecular flexibility index (Phi) is 6.15. The fourth-order valence-electron chi connectivity index (χ4n) is 3.18. The molecule has 1 aromatic heterocycles. The van der Waals surface area contributed by atoms with Crippen LogP contribution in [0.1, 0.15) is 47.4 Å². The summed E-state index contributed by atoms with van der Waals surface area (Å²) in [6, 6.07) is 8.30. The molecule has 2 aromatic rings. The molecule has 3 rings (SSSR count). The number of hydrogen-bond acceptors (Lipinski definition) is 4. The van der Waals surface area contributed by atoms with E-state index in [2.05, 4.69) is 20.2 Å². The predicted octanol–water partition coefficient (Wildman–Crippen LogP) is 3.28. The number of hydrogen-bond donors (Lipinski definition) is 1. The van der Waals surface area contributed by atoms with Crippen LogP contribution in [0.3, 0.4) is 0 Å². The van der Waals surface area contributed by atoms with Crippen molar-refractivity contribution in [2.24, 2.45) is 0 Å². The Bertz CT molecular complexity index is 757. The molecule has 0 atom stereocenters. The summed E-state index contributed by atoms with van der Waals surface area (Å²) in [5.41, 5.74) is 1.74. The lowest BCUT2D eigenvalue weighted by Crippen LogP contribution is -2.30. The zero-order valence-electron chi connectivity index (χ0n) is 15.2. The van der Waals surface area contributed by atoms with Crippen LogP contribution in [0.4, 0.5) is 10.3 Å². The van der Waals surface area contributed by atoms with E-state index in [9.17, 15) is 9.18 Å². The highest BCUT2D eigenvalue weighted by molar-refractivity contribution is 5.92. The van der Waals surface area contributed by atoms with E-state index in [4.69, 9.17) is 0 Å². The van der Waals surface area contributed by atoms with E-state index >= 15 is 0 Å². The largest absolute Gasteiger partial charge is 0.350 e. The lowest BCUT2D eigenvalue weighted by molar-refractivity contribution is 0.0949. The highest BCUT2D eigenvalue weighted by atomic mass is 19.1. The summed E-state index contributed by atoms with van der Waals surface area (Å²) in [5, 5.41) is 2.83. The van der Waals surface area contributed by atoms with E-state index in [1.807, 2.05) is 6.92 Å². The van der Waals surface area contributed by atoms with Gasteiger partial charge in [0.15, 0.2) is 0 Å². The zero-order valence-corrected chi connectivity index (χ0v) is 15.2. The molecule has 0 spiro atoms. The van der Waals surface area contributed by atoms with Crippen molar-refractivity contribution in [2.75, 3.05) is 24.5 Å². The summed E-state index contributed by atoms with van der Waals surface area (Å²) < 4.78 is 13.6. The Morgan fingerprint density at radius 3 is 2.62 bits per heavy atom. The number of carbonyl (C=O) groups is 1. The van der Waals surface area contributed by atoms with Crippen LogP contribution in [-0.4, -0.2) is 35.5 Å². The summed E-state index contributed by atoms with van der Waals surface area (Å²) in [7, 11) is 0. The van der Waals surface area contributed by atoms with Crippen LogP contribution >= 0.6 is 0 Å². The minimum atomic E-state index is -0.247. The Morgan fingerprint density at radius 2 is 1.88 bits per heavy atom. The summed E-state index contributed by atoms with van der Waals surface area (Å²) >= 11 is 0. The molecule has 1 aliphatic heterocycles. The van der Waals surface area contributed by atoms with Gasteiger partial charge < -0.3 is 10.2 Å². The molecule has 1 aromatic carbocycles. The molecule has 0 unspecified atom stereocenters. The van der Waals surface area contributed by atoms with Gasteiger partial charge in [0.1, 0.15) is 11.5 Å². The molecule has 0 bridgehead atoms. The van der Waals surface area contributed by atoms with Crippen molar-refractivity contribution in [1.29, 1.82) is 0 Å². The van der Waals surface area contributed by atoms with Gasteiger partial charge in [-0.2, -0.15) is 0 Å². The molecule has 1 amide bonds. The molecule has 1 saturated heterocycles. The molecule has 0 radical (unpaired) electrons. The van der Waals surface area contributed by atoms with E-state index in [0.29, 0.717) is 30.2 Å². The molecule has 0 saturated carbocycles. The number of aromatic nitrogens is 2. The van der Waals surface area contributed by atoms with Gasteiger partial charge >= 0.3 is 0 Å². The number of halogens is 1. The van der Waals surface area contributed by atoms with Crippen LogP contribution in [-0.2, 0) is 6.42 Å². The number of nitrogens with one attached hydrogen (secondary N) is 1. The smallest absolute Gasteiger partial charge is 0.270 e. The topological polar surface area (TPSA) is 58.1 Å². The van der Waals surface area contributed by atoms with Crippen LogP contribution in [0.5, 0.6) is 0 Å². The first kappa shape index (κ1) is 18.3. The molecular weight excluding hydrogens is 331 g/mol. The number of amides is 1. The maximum absolute atomic E-state index is 13.6. The fourth-order valence-corrected chi connectivity index (χ4v) is 3.18. The Hall–Kier alpha value is -2.50. The summed E-state index contributed by atoms with van der Waals surface area (Å²) in [6.45, 7) is 4.09. The lowest BCUT2D eigenvalue weighted by Gasteiger charge is -2.21. The SMILES string of the molecule is Cc1cc(C(=O)NCCc2ccccc2F)nc(N2CCCCCC2)n1. The van der Waals surface area contributed by atoms with Crippen molar-refractivity contribution in [3.8, 4) is 0 Å². The van der Waals surface area contributed by atoms with Crippen molar-refractivity contribution >= 4 is 11.9 Å². The second-order valence-electron chi connectivity index (χ2n) is 6.69. The first-order valence-corrected chi connectivity index (χ1v) is 9.26. The molecule has 6 heteroatoms. The van der Waals surface area contributed by atoms with E-state index in [1.54, 1.807) is 24.3 Å². The molecule has 1 aliphatic rings. The lowest BCUT2D eigenvalue weighted by atomic mass is 10.1. The second kappa shape index (κ2) is 8.74. The van der Waals surface area contributed by atoms with Gasteiger partial charge in [-0.1, -0.05) is 31.0 Å². The van der Waals surface area contributed by atoms with Crippen LogP contribution in [0.25, 0.3) is 0 Å². The third kappa shape index (κ3) is 4.77. The minimum absolute atomic E-state index is 0.247. The van der Waals surface area contributed by atoms with E-state index in [0.717, 1.165) is 31.6 Å². The van der Waals surface area contributed by atoms with Crippen molar-refractivity contribution in [3.05, 3.63) is 53.1 Å². The molecule has 1 N–H and O–H groups in total. The minimum Gasteiger partial charge on any atom is -0.350 e. The number of rotatable bonds is 5. The molecule has 26 heavy (non-hydrogen) atoms. The Balaban J connectivity index is 1.64. The van der Waals surface area contributed by atoms with Gasteiger partial charge in [0, 0.05) is 25.3 Å². The molecule has 1 fully saturated rings. The van der Waals surface area contributed by atoms with Crippen LogP contribution in [0.2, 0.25) is 0 Å². The van der Waals surface area contributed by atoms with E-state index in [1.165, 1.54) is 18.9 Å². The van der Waals surface area contributed by atoms with Gasteiger partial charge in [0.25, 0.3) is 5.91 Å². The highest BCUT2D eigenvalue weighted by Gasteiger charge is 2.16. The van der Waals surface area contributed by atoms with E-state index in [-0.39, 0.29) is 11.7 Å². The van der Waals surface area contributed by atoms with Gasteiger partial charge in [-0.05, 0) is 43.9 Å². The molecule has 138 valence electrons. The maximum Gasteiger partial charge on any atom is 0.270 e. The van der Waals surface area contributed by atoms with E-state index < -0.39 is 0 Å². The predicted molar refractivity (Wildman–Crippen MR) is 99.9 cm³/mol. The molecule has 5 nitrogen and oxygen atoms in total. The second-order valence-corrected chi connectivity index (χ2v) is 6.69. The average Bonchev–Trinajstić information content (AvgIpc) is 2.92. The van der Waals surface area contributed by atoms with Gasteiger partial charge in [0.05, 0.1) is 0 Å². The summed E-state index contributed by atoms with van der Waals surface area (Å²) in [4.78, 5) is 23.6. The number of aryl methyl sites for hydroxylation is 1. The fraction of sp³-hybridized carbons (Fsp3) is 0.450. The number of anilines is 1. The average molecular weight is 356 g/mol. The number of benzene rings is 1. The third-order valence-electron chi connectivity index (χ3n) is 4.60. The van der Waals surface area contributed by atoms with Crippen molar-refractivity contribution in [2.45, 2.75) is 39.0 Å². The van der Waals surface area contributed by atoms with Gasteiger partial charge in [-0.3, -0.25) is 4.79 Å². The summed E-state index contributed by atoms with van der Waals surface area (Å²) in [5.74, 6) is 0.136.